The molecule has 0 rings (SSSR count). The van der Waals surface area contributed by atoms with E-state index in [4.69, 9.17) is 5.11 Å². The van der Waals surface area contributed by atoms with E-state index >= 15 is 0 Å². The van der Waals surface area contributed by atoms with Crippen LogP contribution in [0.15, 0.2) is 24.3 Å². The first-order chi connectivity index (χ1) is 3.77. The molecule has 10 heavy (non-hydrogen) atoms. The maximum Gasteiger partial charge on any atom is 1.00 e. The molecule has 4 heteroatoms. The molecule has 0 bridgehead atoms. The number of hydrogen-bond acceptors (Lipinski definition) is 1. The minimum absolute atomic E-state index is 0. The monoisotopic (exact) mass is 170 g/mol. The molecule has 0 aliphatic heterocycles. The molecule has 0 heterocycles. The summed E-state index contributed by atoms with van der Waals surface area (Å²) in [5.74, 6) is -0.914. The second kappa shape index (κ2) is 12.2. The van der Waals surface area contributed by atoms with Gasteiger partial charge < -0.3 is 12.0 Å². The van der Waals surface area contributed by atoms with Gasteiger partial charge in [0.25, 0.3) is 0 Å². The van der Waals surface area contributed by atoms with E-state index < -0.39 is 5.97 Å². The van der Waals surface area contributed by atoms with Crippen LogP contribution in [0.2, 0.25) is 0 Å². The summed E-state index contributed by atoms with van der Waals surface area (Å²) in [6.07, 6.45) is 5.98. The molecule has 0 fully saturated rings. The Bertz CT molecular complexity index is 134. The molecule has 54 valence electrons. The van der Waals surface area contributed by atoms with E-state index in [1.165, 1.54) is 6.08 Å². The maximum atomic E-state index is 9.75. The van der Waals surface area contributed by atoms with E-state index in [2.05, 4.69) is 0 Å². The van der Waals surface area contributed by atoms with Gasteiger partial charge in [-0.05, 0) is 6.92 Å². The van der Waals surface area contributed by atoms with Crippen molar-refractivity contribution in [2.24, 2.45) is 0 Å². The van der Waals surface area contributed by atoms with Gasteiger partial charge in [-0.25, -0.2) is 4.79 Å². The van der Waals surface area contributed by atoms with Crippen LogP contribution in [-0.2, 0) is 4.79 Å². The average molecular weight is 170 g/mol. The van der Waals surface area contributed by atoms with Crippen molar-refractivity contribution in [1.82, 2.24) is 0 Å². The van der Waals surface area contributed by atoms with Crippen molar-refractivity contribution in [1.29, 1.82) is 0 Å². The van der Waals surface area contributed by atoms with E-state index in [9.17, 15) is 4.79 Å². The Morgan fingerprint density at radius 1 is 1.50 bits per heavy atom. The molecule has 0 atom stereocenters. The number of rotatable bonds is 2. The summed E-state index contributed by atoms with van der Waals surface area (Å²) in [6, 6.07) is 0. The van der Waals surface area contributed by atoms with Crippen LogP contribution in [0.3, 0.4) is 0 Å². The molecule has 0 saturated carbocycles. The van der Waals surface area contributed by atoms with Crippen molar-refractivity contribution in [2.75, 3.05) is 0 Å². The molecule has 0 saturated heterocycles. The minimum atomic E-state index is -0.914. The second-order valence-electron chi connectivity index (χ2n) is 1.22. The molecule has 0 radical (unpaired) electrons. The third-order valence-electron chi connectivity index (χ3n) is 0.542. The van der Waals surface area contributed by atoms with Crippen LogP contribution in [-0.4, -0.2) is 16.6 Å². The van der Waals surface area contributed by atoms with E-state index in [0.29, 0.717) is 0 Å². The largest absolute Gasteiger partial charge is 1.00 e. The van der Waals surface area contributed by atoms with E-state index in [1.807, 2.05) is 6.92 Å². The van der Waals surface area contributed by atoms with Gasteiger partial charge in [-0.15, -0.1) is 0 Å². The molecule has 0 aliphatic rings. The first-order valence-electron chi connectivity index (χ1n) is 2.29. The van der Waals surface area contributed by atoms with Crippen molar-refractivity contribution >= 4 is 5.97 Å². The van der Waals surface area contributed by atoms with Crippen LogP contribution in [0.4, 0.5) is 0 Å². The summed E-state index contributed by atoms with van der Waals surface area (Å²) in [6.45, 7) is 1.83. The molecule has 0 aromatic carbocycles. The van der Waals surface area contributed by atoms with Gasteiger partial charge in [0.15, 0.2) is 0 Å². The van der Waals surface area contributed by atoms with Gasteiger partial charge in [0.1, 0.15) is 0 Å². The Balaban J connectivity index is -0.0000000817. The third-order valence-corrected chi connectivity index (χ3v) is 0.542. The number of carboxylic acid groups (broad SMARTS) is 1. The fourth-order valence-electron chi connectivity index (χ4n) is 0.249. The number of carbonyl (C=O) groups is 1. The molecular formula is C6H11KO3. The summed E-state index contributed by atoms with van der Waals surface area (Å²) in [4.78, 5) is 9.75. The van der Waals surface area contributed by atoms with Crippen molar-refractivity contribution in [3.05, 3.63) is 24.3 Å². The van der Waals surface area contributed by atoms with Gasteiger partial charge in [0, 0.05) is 6.08 Å². The summed E-state index contributed by atoms with van der Waals surface area (Å²) in [7, 11) is 0. The second-order valence-corrected chi connectivity index (χ2v) is 1.22. The van der Waals surface area contributed by atoms with Crippen LogP contribution >= 0.6 is 0 Å². The topological polar surface area (TPSA) is 68.8 Å². The Kier molecular flexibility index (Phi) is 20.7. The molecule has 0 aromatic rings. The van der Waals surface area contributed by atoms with Gasteiger partial charge in [-0.3, -0.25) is 0 Å². The van der Waals surface area contributed by atoms with Crippen LogP contribution in [0.5, 0.6) is 0 Å². The average Bonchev–Trinajstić information content (AvgIpc) is 1.66. The fraction of sp³-hybridized carbons (Fsp3) is 0.167. The third kappa shape index (κ3) is 15.8. The first kappa shape index (κ1) is 16.9. The van der Waals surface area contributed by atoms with Gasteiger partial charge in [0.2, 0.25) is 0 Å². The SMILES string of the molecule is C/C=C/C=C/C(=O)O.O.[H-].[K+]. The van der Waals surface area contributed by atoms with E-state index in [1.54, 1.807) is 12.2 Å². The van der Waals surface area contributed by atoms with E-state index in [-0.39, 0.29) is 58.3 Å². The number of carboxylic acids is 1. The van der Waals surface area contributed by atoms with E-state index in [0.717, 1.165) is 6.08 Å². The van der Waals surface area contributed by atoms with Crippen molar-refractivity contribution in [3.63, 3.8) is 0 Å². The Hall–Kier alpha value is 0.546. The molecule has 0 aliphatic carbocycles. The van der Waals surface area contributed by atoms with Crippen LogP contribution in [0.25, 0.3) is 0 Å². The first-order valence-corrected chi connectivity index (χ1v) is 2.29. The van der Waals surface area contributed by atoms with Crippen molar-refractivity contribution in [3.8, 4) is 0 Å². The predicted molar refractivity (Wildman–Crippen MR) is 36.3 cm³/mol. The molecular weight excluding hydrogens is 159 g/mol. The summed E-state index contributed by atoms with van der Waals surface area (Å²) in [5.41, 5.74) is 0. The summed E-state index contributed by atoms with van der Waals surface area (Å²) < 4.78 is 0. The normalized spacial score (nSPS) is 8.90. The molecule has 3 N–H and O–H groups in total. The maximum absolute atomic E-state index is 9.75. The van der Waals surface area contributed by atoms with Gasteiger partial charge in [-0.2, -0.15) is 0 Å². The molecule has 0 aromatic heterocycles. The molecule has 3 nitrogen and oxygen atoms in total. The quantitative estimate of drug-likeness (QED) is 0.283. The number of hydrogen-bond donors (Lipinski definition) is 1. The van der Waals surface area contributed by atoms with Crippen molar-refractivity contribution in [2.45, 2.75) is 6.92 Å². The predicted octanol–water partition coefficient (Wildman–Crippen LogP) is -2.50. The van der Waals surface area contributed by atoms with Crippen molar-refractivity contribution < 1.29 is 68.2 Å². The molecule has 0 spiro atoms. The molecule has 0 unspecified atom stereocenters. The van der Waals surface area contributed by atoms with Crippen LogP contribution < -0.4 is 51.4 Å². The standard InChI is InChI=1S/C6H8O2.K.H2O.H/c1-2-3-4-5-6(7)8;;;/h2-5H,1H3,(H,7,8);;1H2;/q;+1;;-1/b3-2+,5-4+;;;. The van der Waals surface area contributed by atoms with Crippen LogP contribution in [0, 0.1) is 0 Å². The number of aliphatic carboxylic acids is 1. The molecule has 0 amide bonds. The zero-order valence-electron chi connectivity index (χ0n) is 7.16. The summed E-state index contributed by atoms with van der Waals surface area (Å²) in [5, 5.41) is 8.02. The fourth-order valence-corrected chi connectivity index (χ4v) is 0.249. The zero-order chi connectivity index (χ0) is 6.41. The van der Waals surface area contributed by atoms with Gasteiger partial charge in [-0.1, -0.05) is 18.2 Å². The minimum Gasteiger partial charge on any atom is -1.00 e. The zero-order valence-corrected chi connectivity index (χ0v) is 9.29. The Labute approximate surface area is 104 Å². The van der Waals surface area contributed by atoms with Crippen LogP contribution in [0.1, 0.15) is 8.35 Å². The summed E-state index contributed by atoms with van der Waals surface area (Å²) >= 11 is 0. The Morgan fingerprint density at radius 2 is 2.00 bits per heavy atom. The smallest absolute Gasteiger partial charge is 1.00 e. The van der Waals surface area contributed by atoms with Gasteiger partial charge in [0.05, 0.1) is 0 Å². The number of allylic oxidation sites excluding steroid dienone is 3. The van der Waals surface area contributed by atoms with Gasteiger partial charge >= 0.3 is 57.4 Å². The Morgan fingerprint density at radius 3 is 2.30 bits per heavy atom.